The second kappa shape index (κ2) is 6.47. The van der Waals surface area contributed by atoms with E-state index in [2.05, 4.69) is 128 Å². The van der Waals surface area contributed by atoms with Crippen LogP contribution in [0.1, 0.15) is 34.7 Å². The Morgan fingerprint density at radius 1 is 0.464 bits per heavy atom. The molecule has 0 amide bonds. The Morgan fingerprint density at radius 3 is 1.36 bits per heavy atom. The molecule has 0 fully saturated rings. The maximum Gasteiger partial charge on any atom is 0.0960 e. The summed E-state index contributed by atoms with van der Waals surface area (Å²) < 4.78 is 0. The van der Waals surface area contributed by atoms with Crippen molar-refractivity contribution < 1.29 is 0 Å². The van der Waals surface area contributed by atoms with E-state index >= 15 is 0 Å². The normalized spacial score (nSPS) is 19.9. The van der Waals surface area contributed by atoms with E-state index in [0.29, 0.717) is 0 Å². The second-order valence-corrected chi connectivity index (χ2v) is 7.64. The molecule has 1 nitrogen and oxygen atoms in total. The second-order valence-electron chi connectivity index (χ2n) is 7.64. The van der Waals surface area contributed by atoms with E-state index in [0.717, 1.165) is 0 Å². The maximum atomic E-state index is 4.10. The highest BCUT2D eigenvalue weighted by molar-refractivity contribution is 5.60. The first-order valence-corrected chi connectivity index (χ1v) is 9.81. The summed E-state index contributed by atoms with van der Waals surface area (Å²) in [4.78, 5) is 0. The van der Waals surface area contributed by atoms with Gasteiger partial charge in [0.25, 0.3) is 0 Å². The van der Waals surface area contributed by atoms with Gasteiger partial charge in [-0.2, -0.15) is 0 Å². The first-order valence-electron chi connectivity index (χ1n) is 9.81. The van der Waals surface area contributed by atoms with E-state index in [1.807, 2.05) is 0 Å². The molecule has 0 saturated carbocycles. The third kappa shape index (κ3) is 2.37. The molecule has 1 aliphatic heterocycles. The van der Waals surface area contributed by atoms with Gasteiger partial charge in [0.1, 0.15) is 0 Å². The molecule has 1 atom stereocenters. The molecule has 0 aromatic heterocycles. The molecule has 28 heavy (non-hydrogen) atoms. The quantitative estimate of drug-likeness (QED) is 0.483. The van der Waals surface area contributed by atoms with E-state index in [1.54, 1.807) is 0 Å². The van der Waals surface area contributed by atoms with Gasteiger partial charge >= 0.3 is 0 Å². The van der Waals surface area contributed by atoms with Gasteiger partial charge in [-0.3, -0.25) is 5.32 Å². The van der Waals surface area contributed by atoms with Crippen LogP contribution in [0.4, 0.5) is 0 Å². The van der Waals surface area contributed by atoms with Gasteiger partial charge in [0.15, 0.2) is 0 Å². The van der Waals surface area contributed by atoms with E-state index < -0.39 is 5.54 Å². The molecule has 0 aliphatic carbocycles. The number of nitrogens with one attached hydrogen (secondary N) is 1. The van der Waals surface area contributed by atoms with Crippen LogP contribution in [0.5, 0.6) is 0 Å². The third-order valence-corrected chi connectivity index (χ3v) is 6.07. The molecule has 136 valence electrons. The van der Waals surface area contributed by atoms with Crippen LogP contribution in [-0.2, 0) is 11.1 Å². The van der Waals surface area contributed by atoms with Crippen molar-refractivity contribution >= 4 is 0 Å². The lowest BCUT2D eigenvalue weighted by Gasteiger charge is -2.36. The molecular weight excluding hydrogens is 338 g/mol. The Hall–Kier alpha value is -3.16. The lowest BCUT2D eigenvalue weighted by Crippen LogP contribution is -2.47. The van der Waals surface area contributed by atoms with Crippen LogP contribution in [0.15, 0.2) is 115 Å². The van der Waals surface area contributed by atoms with Gasteiger partial charge in [-0.25, -0.2) is 0 Å². The van der Waals surface area contributed by atoms with Crippen LogP contribution in [0, 0.1) is 0 Å². The monoisotopic (exact) mass is 361 g/mol. The van der Waals surface area contributed by atoms with Crippen LogP contribution in [0.2, 0.25) is 0 Å². The number of hydrogen-bond acceptors (Lipinski definition) is 1. The molecular formula is C27H23N. The summed E-state index contributed by atoms with van der Waals surface area (Å²) in [5, 5.41) is 4.10. The van der Waals surface area contributed by atoms with Crippen molar-refractivity contribution in [3.63, 3.8) is 0 Å². The highest BCUT2D eigenvalue weighted by Crippen LogP contribution is 2.50. The van der Waals surface area contributed by atoms with E-state index in [9.17, 15) is 0 Å². The lowest BCUT2D eigenvalue weighted by molar-refractivity contribution is 0.383. The van der Waals surface area contributed by atoms with E-state index in [-0.39, 0.29) is 5.54 Å². The molecule has 1 unspecified atom stereocenters. The zero-order valence-electron chi connectivity index (χ0n) is 16.0. The molecule has 1 aliphatic rings. The smallest absolute Gasteiger partial charge is 0.0960 e. The Morgan fingerprint density at radius 2 is 0.857 bits per heavy atom. The predicted molar refractivity (Wildman–Crippen MR) is 115 cm³/mol. The molecule has 4 aromatic carbocycles. The summed E-state index contributed by atoms with van der Waals surface area (Å²) in [6.07, 6.45) is 0. The average Bonchev–Trinajstić information content (AvgIpc) is 3.07. The van der Waals surface area contributed by atoms with E-state index in [1.165, 1.54) is 27.8 Å². The van der Waals surface area contributed by atoms with Crippen molar-refractivity contribution in [1.82, 2.24) is 5.32 Å². The van der Waals surface area contributed by atoms with Gasteiger partial charge in [0.2, 0.25) is 0 Å². The van der Waals surface area contributed by atoms with Crippen LogP contribution in [0.25, 0.3) is 0 Å². The Balaban J connectivity index is 1.85. The fourth-order valence-electron chi connectivity index (χ4n) is 4.75. The number of benzene rings is 4. The van der Waals surface area contributed by atoms with Gasteiger partial charge in [-0.1, -0.05) is 115 Å². The predicted octanol–water partition coefficient (Wildman–Crippen LogP) is 5.85. The number of hydrogen-bond donors (Lipinski definition) is 1. The molecule has 0 saturated heterocycles. The SMILES string of the molecule is CC1(c2ccccc2)NC(c2ccccc2)(c2ccccc2)c2ccccc21. The van der Waals surface area contributed by atoms with Crippen molar-refractivity contribution in [3.05, 3.63) is 143 Å². The van der Waals surface area contributed by atoms with Crippen molar-refractivity contribution in [2.45, 2.75) is 18.0 Å². The average molecular weight is 361 g/mol. The number of rotatable bonds is 3. The Bertz CT molecular complexity index is 1050. The Kier molecular flexibility index (Phi) is 3.92. The minimum atomic E-state index is -0.399. The molecule has 4 aromatic rings. The van der Waals surface area contributed by atoms with Crippen molar-refractivity contribution in [2.75, 3.05) is 0 Å². The van der Waals surface area contributed by atoms with Gasteiger partial charge in [-0.15, -0.1) is 0 Å². The summed E-state index contributed by atoms with van der Waals surface area (Å²) in [7, 11) is 0. The number of fused-ring (bicyclic) bond motifs is 1. The molecule has 0 bridgehead atoms. The summed E-state index contributed by atoms with van der Waals surface area (Å²) in [6.45, 7) is 2.30. The maximum absolute atomic E-state index is 4.10. The topological polar surface area (TPSA) is 12.0 Å². The van der Waals surface area contributed by atoms with Crippen molar-refractivity contribution in [1.29, 1.82) is 0 Å². The minimum Gasteiger partial charge on any atom is -0.287 e. The lowest BCUT2D eigenvalue weighted by atomic mass is 9.77. The molecule has 0 radical (unpaired) electrons. The van der Waals surface area contributed by atoms with Crippen molar-refractivity contribution in [2.24, 2.45) is 0 Å². The van der Waals surface area contributed by atoms with Crippen LogP contribution < -0.4 is 5.32 Å². The molecule has 1 heterocycles. The van der Waals surface area contributed by atoms with E-state index in [4.69, 9.17) is 0 Å². The standard InChI is InChI=1S/C27H23N/c1-26(21-13-5-2-6-14-21)24-19-11-12-20-25(24)27(28-26,22-15-7-3-8-16-22)23-17-9-4-10-18-23/h2-20,28H,1H3. The fourth-order valence-corrected chi connectivity index (χ4v) is 4.75. The molecule has 5 rings (SSSR count). The molecule has 0 spiro atoms. The molecule has 1 heteroatoms. The first-order chi connectivity index (χ1) is 13.7. The molecule has 1 N–H and O–H groups in total. The van der Waals surface area contributed by atoms with Gasteiger partial charge in [-0.05, 0) is 34.7 Å². The summed E-state index contributed by atoms with van der Waals surface area (Å²) in [5.41, 5.74) is 5.75. The van der Waals surface area contributed by atoms with Crippen LogP contribution in [0.3, 0.4) is 0 Å². The summed E-state index contributed by atoms with van der Waals surface area (Å²) in [6, 6.07) is 41.2. The Labute approximate surface area is 166 Å². The zero-order valence-corrected chi connectivity index (χ0v) is 16.0. The van der Waals surface area contributed by atoms with Crippen molar-refractivity contribution in [3.8, 4) is 0 Å². The summed E-state index contributed by atoms with van der Waals surface area (Å²) in [5.74, 6) is 0. The van der Waals surface area contributed by atoms with Gasteiger partial charge < -0.3 is 0 Å². The highest BCUT2D eigenvalue weighted by atomic mass is 15.1. The third-order valence-electron chi connectivity index (χ3n) is 6.07. The zero-order chi connectivity index (χ0) is 19.0. The van der Waals surface area contributed by atoms with Crippen LogP contribution >= 0.6 is 0 Å². The minimum absolute atomic E-state index is 0.288. The van der Waals surface area contributed by atoms with Crippen LogP contribution in [-0.4, -0.2) is 0 Å². The van der Waals surface area contributed by atoms with Gasteiger partial charge in [0.05, 0.1) is 11.1 Å². The highest BCUT2D eigenvalue weighted by Gasteiger charge is 2.51. The fraction of sp³-hybridized carbons (Fsp3) is 0.111. The first kappa shape index (κ1) is 17.0. The van der Waals surface area contributed by atoms with Gasteiger partial charge in [0, 0.05) is 0 Å². The largest absolute Gasteiger partial charge is 0.287 e. The summed E-state index contributed by atoms with van der Waals surface area (Å²) >= 11 is 0.